The van der Waals surface area contributed by atoms with Gasteiger partial charge in [-0.25, -0.2) is 4.98 Å². The molecule has 3 aromatic rings. The van der Waals surface area contributed by atoms with E-state index in [9.17, 15) is 9.59 Å². The molecular weight excluding hydrogens is 402 g/mol. The highest BCUT2D eigenvalue weighted by Gasteiger charge is 2.27. The Kier molecular flexibility index (Phi) is 6.31. The largest absolute Gasteiger partial charge is 0.440 e. The molecule has 1 N–H and O–H groups in total. The maximum absolute atomic E-state index is 12.6. The summed E-state index contributed by atoms with van der Waals surface area (Å²) in [4.78, 5) is 31.5. The Bertz CT molecular complexity index is 1050. The molecule has 4 rings (SSSR count). The van der Waals surface area contributed by atoms with Crippen LogP contribution in [0.5, 0.6) is 0 Å². The highest BCUT2D eigenvalue weighted by atomic mass is 16.3. The number of amides is 2. The van der Waals surface area contributed by atoms with Crippen LogP contribution in [0, 0.1) is 0 Å². The quantitative estimate of drug-likeness (QED) is 0.635. The summed E-state index contributed by atoms with van der Waals surface area (Å²) in [5.74, 6) is 0.933. The van der Waals surface area contributed by atoms with Crippen molar-refractivity contribution in [1.29, 1.82) is 0 Å². The molecule has 0 atom stereocenters. The number of benzene rings is 2. The van der Waals surface area contributed by atoms with E-state index in [1.807, 2.05) is 53.4 Å². The van der Waals surface area contributed by atoms with Gasteiger partial charge in [0, 0.05) is 37.5 Å². The van der Waals surface area contributed by atoms with E-state index in [-0.39, 0.29) is 23.1 Å². The summed E-state index contributed by atoms with van der Waals surface area (Å²) in [7, 11) is 0. The van der Waals surface area contributed by atoms with Crippen molar-refractivity contribution >= 4 is 22.9 Å². The zero-order valence-electron chi connectivity index (χ0n) is 19.1. The average Bonchev–Trinajstić information content (AvgIpc) is 3.23. The number of carbonyl (C=O) groups excluding carboxylic acids is 2. The summed E-state index contributed by atoms with van der Waals surface area (Å²) in [6.45, 7) is 8.13. The number of rotatable bonds is 5. The molecule has 1 saturated heterocycles. The Morgan fingerprint density at radius 2 is 1.75 bits per heavy atom. The van der Waals surface area contributed by atoms with Crippen LogP contribution in [0.15, 0.2) is 52.9 Å². The Balaban J connectivity index is 1.22. The van der Waals surface area contributed by atoms with Gasteiger partial charge in [0.15, 0.2) is 11.5 Å². The van der Waals surface area contributed by atoms with Crippen molar-refractivity contribution in [1.82, 2.24) is 15.2 Å². The number of carbonyl (C=O) groups is 2. The van der Waals surface area contributed by atoms with Crippen molar-refractivity contribution in [3.8, 4) is 0 Å². The Morgan fingerprint density at radius 1 is 1.06 bits per heavy atom. The SMILES string of the molecule is CC(C)(C)c1ccc(C(=O)NCCC(=O)N2CCC(c3nc4ccccc4o3)CC2)cc1. The number of hydrogen-bond donors (Lipinski definition) is 1. The van der Waals surface area contributed by atoms with Gasteiger partial charge in [0.2, 0.25) is 5.91 Å². The molecule has 6 heteroatoms. The molecule has 0 spiro atoms. The Hall–Kier alpha value is -3.15. The van der Waals surface area contributed by atoms with Gasteiger partial charge in [0.1, 0.15) is 5.52 Å². The van der Waals surface area contributed by atoms with Crippen LogP contribution in [0.4, 0.5) is 0 Å². The van der Waals surface area contributed by atoms with Gasteiger partial charge < -0.3 is 14.6 Å². The van der Waals surface area contributed by atoms with Gasteiger partial charge in [0.25, 0.3) is 5.91 Å². The number of nitrogens with one attached hydrogen (secondary N) is 1. The molecule has 0 unspecified atom stereocenters. The first-order chi connectivity index (χ1) is 15.3. The minimum atomic E-state index is -0.145. The van der Waals surface area contributed by atoms with Gasteiger partial charge in [-0.05, 0) is 48.1 Å². The predicted octanol–water partition coefficient (Wildman–Crippen LogP) is 4.65. The van der Waals surface area contributed by atoms with Crippen LogP contribution in [0.3, 0.4) is 0 Å². The minimum Gasteiger partial charge on any atom is -0.440 e. The standard InChI is InChI=1S/C26H31N3O3/c1-26(2,3)20-10-8-18(9-11-20)24(31)27-15-12-23(30)29-16-13-19(14-17-29)25-28-21-6-4-5-7-22(21)32-25/h4-11,19H,12-17H2,1-3H3,(H,27,31). The number of nitrogens with zero attached hydrogens (tertiary/aromatic N) is 2. The molecule has 6 nitrogen and oxygen atoms in total. The highest BCUT2D eigenvalue weighted by Crippen LogP contribution is 2.30. The molecule has 1 aliphatic rings. The van der Waals surface area contributed by atoms with E-state index in [4.69, 9.17) is 4.42 Å². The van der Waals surface area contributed by atoms with Gasteiger partial charge in [-0.15, -0.1) is 0 Å². The molecule has 1 aromatic heterocycles. The molecule has 168 valence electrons. The molecule has 2 aromatic carbocycles. The molecule has 2 amide bonds. The number of fused-ring (bicyclic) bond motifs is 1. The van der Waals surface area contributed by atoms with Crippen molar-refractivity contribution in [2.24, 2.45) is 0 Å². The normalized spacial score (nSPS) is 15.2. The van der Waals surface area contributed by atoms with Crippen molar-refractivity contribution in [3.63, 3.8) is 0 Å². The fraction of sp³-hybridized carbons (Fsp3) is 0.423. The predicted molar refractivity (Wildman–Crippen MR) is 125 cm³/mol. The van der Waals surface area contributed by atoms with E-state index in [2.05, 4.69) is 31.1 Å². The monoisotopic (exact) mass is 433 g/mol. The summed E-state index contributed by atoms with van der Waals surface area (Å²) >= 11 is 0. The van der Waals surface area contributed by atoms with Crippen molar-refractivity contribution in [3.05, 3.63) is 65.5 Å². The molecule has 0 saturated carbocycles. The maximum atomic E-state index is 12.6. The first-order valence-corrected chi connectivity index (χ1v) is 11.3. The van der Waals surface area contributed by atoms with Crippen LogP contribution < -0.4 is 5.32 Å². The van der Waals surface area contributed by atoms with Gasteiger partial charge in [0.05, 0.1) is 0 Å². The number of para-hydroxylation sites is 2. The molecule has 2 heterocycles. The van der Waals surface area contributed by atoms with Gasteiger partial charge in [-0.3, -0.25) is 9.59 Å². The van der Waals surface area contributed by atoms with E-state index in [0.29, 0.717) is 31.6 Å². The summed E-state index contributed by atoms with van der Waals surface area (Å²) in [5.41, 5.74) is 3.54. The van der Waals surface area contributed by atoms with E-state index >= 15 is 0 Å². The first kappa shape index (κ1) is 22.1. The number of aromatic nitrogens is 1. The molecule has 1 aliphatic heterocycles. The van der Waals surface area contributed by atoms with Gasteiger partial charge >= 0.3 is 0 Å². The van der Waals surface area contributed by atoms with Crippen molar-refractivity contribution in [2.45, 2.75) is 51.4 Å². The van der Waals surface area contributed by atoms with Crippen LogP contribution in [-0.4, -0.2) is 41.3 Å². The second kappa shape index (κ2) is 9.15. The molecule has 0 radical (unpaired) electrons. The lowest BCUT2D eigenvalue weighted by Gasteiger charge is -2.30. The summed E-state index contributed by atoms with van der Waals surface area (Å²) in [5, 5.41) is 2.87. The van der Waals surface area contributed by atoms with Gasteiger partial charge in [-0.2, -0.15) is 0 Å². The number of piperidine rings is 1. The molecule has 32 heavy (non-hydrogen) atoms. The fourth-order valence-corrected chi connectivity index (χ4v) is 4.11. The zero-order valence-corrected chi connectivity index (χ0v) is 19.1. The first-order valence-electron chi connectivity index (χ1n) is 11.3. The topological polar surface area (TPSA) is 75.4 Å². The van der Waals surface area contributed by atoms with E-state index in [1.54, 1.807) is 0 Å². The minimum absolute atomic E-state index is 0.0509. The van der Waals surface area contributed by atoms with Crippen LogP contribution in [-0.2, 0) is 10.2 Å². The fourth-order valence-electron chi connectivity index (χ4n) is 4.11. The third-order valence-corrected chi connectivity index (χ3v) is 6.14. The Labute approximate surface area is 189 Å². The smallest absolute Gasteiger partial charge is 0.251 e. The molecule has 1 fully saturated rings. The highest BCUT2D eigenvalue weighted by molar-refractivity contribution is 5.94. The van der Waals surface area contributed by atoms with Crippen LogP contribution in [0.2, 0.25) is 0 Å². The third kappa shape index (κ3) is 5.01. The zero-order chi connectivity index (χ0) is 22.7. The maximum Gasteiger partial charge on any atom is 0.251 e. The Morgan fingerprint density at radius 3 is 2.41 bits per heavy atom. The van der Waals surface area contributed by atoms with Crippen molar-refractivity contribution in [2.75, 3.05) is 19.6 Å². The summed E-state index contributed by atoms with van der Waals surface area (Å²) < 4.78 is 5.90. The number of oxazole rings is 1. The lowest BCUT2D eigenvalue weighted by atomic mass is 9.87. The molecule has 0 aliphatic carbocycles. The van der Waals surface area contributed by atoms with Crippen LogP contribution >= 0.6 is 0 Å². The second-order valence-corrected chi connectivity index (χ2v) is 9.51. The van der Waals surface area contributed by atoms with E-state index in [0.717, 1.165) is 29.8 Å². The lowest BCUT2D eigenvalue weighted by Crippen LogP contribution is -2.39. The van der Waals surface area contributed by atoms with E-state index < -0.39 is 0 Å². The number of likely N-dealkylation sites (tertiary alicyclic amines) is 1. The van der Waals surface area contributed by atoms with Gasteiger partial charge in [-0.1, -0.05) is 45.0 Å². The van der Waals surface area contributed by atoms with Crippen LogP contribution in [0.25, 0.3) is 11.1 Å². The van der Waals surface area contributed by atoms with E-state index in [1.165, 1.54) is 5.56 Å². The molecular formula is C26H31N3O3. The van der Waals surface area contributed by atoms with Crippen molar-refractivity contribution < 1.29 is 14.0 Å². The molecule has 0 bridgehead atoms. The average molecular weight is 434 g/mol. The number of hydrogen-bond acceptors (Lipinski definition) is 4. The van der Waals surface area contributed by atoms with Crippen LogP contribution in [0.1, 0.15) is 67.8 Å². The third-order valence-electron chi connectivity index (χ3n) is 6.14. The lowest BCUT2D eigenvalue weighted by molar-refractivity contribution is -0.132. The second-order valence-electron chi connectivity index (χ2n) is 9.51. The summed E-state index contributed by atoms with van der Waals surface area (Å²) in [6, 6.07) is 15.4. The summed E-state index contributed by atoms with van der Waals surface area (Å²) in [6.07, 6.45) is 1.98.